The standard InChI is InChI=1S/C22H23F3N2O3/c1-13-7-16(22(23,24)25)9-17(8-13)26-20(30)21(12-28)10-18(29)27(11-21)19-14(2)5-4-6-15(19)3/h4-9,28H,10-12H2,1-3H3,(H,26,30). The number of alkyl halides is 3. The quantitative estimate of drug-likeness (QED) is 0.786. The average molecular weight is 420 g/mol. The van der Waals surface area contributed by atoms with Gasteiger partial charge >= 0.3 is 6.18 Å². The summed E-state index contributed by atoms with van der Waals surface area (Å²) in [6, 6.07) is 8.80. The van der Waals surface area contributed by atoms with E-state index in [1.807, 2.05) is 32.0 Å². The summed E-state index contributed by atoms with van der Waals surface area (Å²) in [6.07, 6.45) is -4.79. The fraction of sp³-hybridized carbons (Fsp3) is 0.364. The van der Waals surface area contributed by atoms with Crippen molar-refractivity contribution in [2.75, 3.05) is 23.4 Å². The number of hydrogen-bond donors (Lipinski definition) is 2. The lowest BCUT2D eigenvalue weighted by Crippen LogP contribution is -2.42. The summed E-state index contributed by atoms with van der Waals surface area (Å²) >= 11 is 0. The number of anilines is 2. The van der Waals surface area contributed by atoms with Crippen LogP contribution in [0.25, 0.3) is 0 Å². The maximum Gasteiger partial charge on any atom is 0.416 e. The molecule has 2 amide bonds. The van der Waals surface area contributed by atoms with Crippen LogP contribution in [-0.4, -0.2) is 30.1 Å². The third-order valence-electron chi connectivity index (χ3n) is 5.41. The molecule has 0 saturated carbocycles. The molecule has 1 saturated heterocycles. The van der Waals surface area contributed by atoms with E-state index in [1.54, 1.807) is 0 Å². The van der Waals surface area contributed by atoms with Crippen molar-refractivity contribution >= 4 is 23.2 Å². The number of nitrogens with one attached hydrogen (secondary N) is 1. The lowest BCUT2D eigenvalue weighted by atomic mass is 9.86. The second kappa shape index (κ2) is 7.75. The summed E-state index contributed by atoms with van der Waals surface area (Å²) in [5, 5.41) is 12.5. The molecule has 0 aromatic heterocycles. The van der Waals surface area contributed by atoms with Gasteiger partial charge in [0, 0.05) is 24.3 Å². The molecule has 2 N–H and O–H groups in total. The molecule has 1 aliphatic rings. The van der Waals surface area contributed by atoms with E-state index >= 15 is 0 Å². The average Bonchev–Trinajstić information content (AvgIpc) is 2.98. The molecule has 0 aliphatic carbocycles. The minimum atomic E-state index is -4.55. The molecule has 1 unspecified atom stereocenters. The number of hydrogen-bond acceptors (Lipinski definition) is 3. The fourth-order valence-electron chi connectivity index (χ4n) is 3.88. The number of nitrogens with zero attached hydrogens (tertiary/aromatic N) is 1. The van der Waals surface area contributed by atoms with Gasteiger partial charge in [0.1, 0.15) is 0 Å². The summed E-state index contributed by atoms with van der Waals surface area (Å²) in [7, 11) is 0. The van der Waals surface area contributed by atoms with Gasteiger partial charge in [0.2, 0.25) is 11.8 Å². The highest BCUT2D eigenvalue weighted by molar-refractivity contribution is 6.06. The van der Waals surface area contributed by atoms with E-state index in [1.165, 1.54) is 17.9 Å². The van der Waals surface area contributed by atoms with Crippen LogP contribution in [0.4, 0.5) is 24.5 Å². The summed E-state index contributed by atoms with van der Waals surface area (Å²) in [5.41, 5.74) is 0.359. The molecule has 8 heteroatoms. The van der Waals surface area contributed by atoms with Crippen LogP contribution in [0.1, 0.15) is 28.7 Å². The molecule has 1 fully saturated rings. The number of carbonyl (C=O) groups excluding carboxylic acids is 2. The molecule has 30 heavy (non-hydrogen) atoms. The van der Waals surface area contributed by atoms with Crippen molar-refractivity contribution in [1.82, 2.24) is 0 Å². The molecule has 160 valence electrons. The molecule has 3 rings (SSSR count). The lowest BCUT2D eigenvalue weighted by Gasteiger charge is -2.27. The Morgan fingerprint density at radius 1 is 1.17 bits per heavy atom. The van der Waals surface area contributed by atoms with Crippen molar-refractivity contribution in [3.05, 3.63) is 58.7 Å². The van der Waals surface area contributed by atoms with Crippen LogP contribution in [0.2, 0.25) is 0 Å². The van der Waals surface area contributed by atoms with Gasteiger partial charge in [-0.25, -0.2) is 0 Å². The normalized spacial score (nSPS) is 19.3. The van der Waals surface area contributed by atoms with Crippen molar-refractivity contribution in [1.29, 1.82) is 0 Å². The van der Waals surface area contributed by atoms with Gasteiger partial charge in [0.15, 0.2) is 0 Å². The molecule has 2 aromatic carbocycles. The summed E-state index contributed by atoms with van der Waals surface area (Å²) in [4.78, 5) is 27.2. The predicted molar refractivity (Wildman–Crippen MR) is 107 cm³/mol. The van der Waals surface area contributed by atoms with E-state index < -0.39 is 29.7 Å². The molecular weight excluding hydrogens is 397 g/mol. The molecule has 1 heterocycles. The number of benzene rings is 2. The van der Waals surface area contributed by atoms with E-state index in [0.29, 0.717) is 11.3 Å². The van der Waals surface area contributed by atoms with E-state index in [-0.39, 0.29) is 24.6 Å². The Bertz CT molecular complexity index is 983. The molecule has 1 atom stereocenters. The molecule has 2 aromatic rings. The van der Waals surface area contributed by atoms with Crippen LogP contribution in [0.3, 0.4) is 0 Å². The predicted octanol–water partition coefficient (Wildman–Crippen LogP) is 3.98. The van der Waals surface area contributed by atoms with Crippen molar-refractivity contribution in [3.63, 3.8) is 0 Å². The first-order valence-corrected chi connectivity index (χ1v) is 9.45. The monoisotopic (exact) mass is 420 g/mol. The minimum absolute atomic E-state index is 0.0295. The van der Waals surface area contributed by atoms with Gasteiger partial charge in [-0.15, -0.1) is 0 Å². The van der Waals surface area contributed by atoms with Crippen molar-refractivity contribution < 1.29 is 27.9 Å². The van der Waals surface area contributed by atoms with E-state index in [0.717, 1.165) is 23.3 Å². The van der Waals surface area contributed by atoms with Gasteiger partial charge in [-0.1, -0.05) is 18.2 Å². The molecule has 0 bridgehead atoms. The first-order chi connectivity index (χ1) is 14.0. The Balaban J connectivity index is 1.90. The molecule has 0 radical (unpaired) electrons. The van der Waals surface area contributed by atoms with Crippen molar-refractivity contribution in [2.45, 2.75) is 33.4 Å². The van der Waals surface area contributed by atoms with Gasteiger partial charge < -0.3 is 15.3 Å². The van der Waals surface area contributed by atoms with Gasteiger partial charge in [0.25, 0.3) is 0 Å². The largest absolute Gasteiger partial charge is 0.416 e. The topological polar surface area (TPSA) is 69.6 Å². The Labute approximate surface area is 172 Å². The highest BCUT2D eigenvalue weighted by atomic mass is 19.4. The van der Waals surface area contributed by atoms with Crippen molar-refractivity contribution in [3.8, 4) is 0 Å². The smallest absolute Gasteiger partial charge is 0.395 e. The zero-order chi connectivity index (χ0) is 22.3. The van der Waals surface area contributed by atoms with Gasteiger partial charge in [-0.3, -0.25) is 9.59 Å². The number of aliphatic hydroxyl groups is 1. The van der Waals surface area contributed by atoms with E-state index in [4.69, 9.17) is 0 Å². The molecular formula is C22H23F3N2O3. The third-order valence-corrected chi connectivity index (χ3v) is 5.41. The van der Waals surface area contributed by atoms with Crippen LogP contribution in [0, 0.1) is 26.2 Å². The number of halogens is 3. The third kappa shape index (κ3) is 4.05. The van der Waals surface area contributed by atoms with Crippen LogP contribution >= 0.6 is 0 Å². The fourth-order valence-corrected chi connectivity index (χ4v) is 3.88. The van der Waals surface area contributed by atoms with Crippen LogP contribution in [-0.2, 0) is 15.8 Å². The minimum Gasteiger partial charge on any atom is -0.395 e. The number of carbonyl (C=O) groups is 2. The van der Waals surface area contributed by atoms with Gasteiger partial charge in [-0.2, -0.15) is 13.2 Å². The molecule has 0 spiro atoms. The highest BCUT2D eigenvalue weighted by Gasteiger charge is 2.49. The van der Waals surface area contributed by atoms with E-state index in [2.05, 4.69) is 5.32 Å². The van der Waals surface area contributed by atoms with Gasteiger partial charge in [0.05, 0.1) is 17.6 Å². The second-order valence-corrected chi connectivity index (χ2v) is 7.88. The maximum absolute atomic E-state index is 13.1. The van der Waals surface area contributed by atoms with Crippen LogP contribution < -0.4 is 10.2 Å². The van der Waals surface area contributed by atoms with Crippen molar-refractivity contribution in [2.24, 2.45) is 5.41 Å². The zero-order valence-corrected chi connectivity index (χ0v) is 16.9. The number of aryl methyl sites for hydroxylation is 3. The molecule has 1 aliphatic heterocycles. The first-order valence-electron chi connectivity index (χ1n) is 9.45. The Kier molecular flexibility index (Phi) is 5.64. The van der Waals surface area contributed by atoms with Crippen LogP contribution in [0.5, 0.6) is 0 Å². The number of para-hydroxylation sites is 1. The SMILES string of the molecule is Cc1cc(NC(=O)C2(CO)CC(=O)N(c3c(C)cccc3C)C2)cc(C(F)(F)F)c1. The maximum atomic E-state index is 13.1. The molecule has 5 nitrogen and oxygen atoms in total. The number of aliphatic hydroxyl groups excluding tert-OH is 1. The number of amides is 2. The first kappa shape index (κ1) is 21.8. The highest BCUT2D eigenvalue weighted by Crippen LogP contribution is 2.38. The zero-order valence-electron chi connectivity index (χ0n) is 16.9. The lowest BCUT2D eigenvalue weighted by molar-refractivity contribution is -0.137. The number of rotatable bonds is 4. The summed E-state index contributed by atoms with van der Waals surface area (Å²) in [6.45, 7) is 4.52. The summed E-state index contributed by atoms with van der Waals surface area (Å²) < 4.78 is 39.3. The van der Waals surface area contributed by atoms with E-state index in [9.17, 15) is 27.9 Å². The second-order valence-electron chi connectivity index (χ2n) is 7.88. The Morgan fingerprint density at radius 2 is 1.80 bits per heavy atom. The van der Waals surface area contributed by atoms with Gasteiger partial charge in [-0.05, 0) is 55.7 Å². The Hall–Kier alpha value is -2.87. The Morgan fingerprint density at radius 3 is 2.37 bits per heavy atom. The van der Waals surface area contributed by atoms with Crippen LogP contribution in [0.15, 0.2) is 36.4 Å². The summed E-state index contributed by atoms with van der Waals surface area (Å²) in [5.74, 6) is -1.01.